The van der Waals surface area contributed by atoms with E-state index in [0.717, 1.165) is 23.2 Å². The molecule has 0 saturated heterocycles. The molecule has 1 aromatic carbocycles. The lowest BCUT2D eigenvalue weighted by atomic mass is 9.85. The van der Waals surface area contributed by atoms with Crippen molar-refractivity contribution in [2.24, 2.45) is 5.92 Å². The monoisotopic (exact) mass is 351 g/mol. The fourth-order valence-electron chi connectivity index (χ4n) is 2.80. The predicted molar refractivity (Wildman–Crippen MR) is 103 cm³/mol. The van der Waals surface area contributed by atoms with Gasteiger partial charge < -0.3 is 5.32 Å². The van der Waals surface area contributed by atoms with Gasteiger partial charge in [0, 0.05) is 23.3 Å². The number of amides is 1. The number of benzene rings is 1. The number of carbonyl (C=O) groups is 1. The lowest BCUT2D eigenvalue weighted by Gasteiger charge is -2.22. The van der Waals surface area contributed by atoms with Gasteiger partial charge in [0.2, 0.25) is 5.91 Å². The van der Waals surface area contributed by atoms with E-state index in [2.05, 4.69) is 29.1 Å². The zero-order valence-corrected chi connectivity index (χ0v) is 15.2. The Labute approximate surface area is 152 Å². The van der Waals surface area contributed by atoms with Crippen LogP contribution in [0.2, 0.25) is 0 Å². The van der Waals surface area contributed by atoms with Crippen LogP contribution in [0.25, 0.3) is 11.3 Å². The van der Waals surface area contributed by atoms with Crippen LogP contribution in [-0.4, -0.2) is 15.9 Å². The van der Waals surface area contributed by atoms with E-state index >= 15 is 0 Å². The molecular weight excluding hydrogens is 330 g/mol. The minimum absolute atomic E-state index is 0.00682. The number of nitrogens with zero attached hydrogens (tertiary/aromatic N) is 2. The SMILES string of the molecule is CC[C@H](C)[C@@H](C(=O)Nc1nc(-c2cccnc2)cs1)c1ccccc1. The first kappa shape index (κ1) is 17.3. The molecule has 25 heavy (non-hydrogen) atoms. The van der Waals surface area contributed by atoms with Crippen LogP contribution < -0.4 is 5.32 Å². The molecule has 2 aromatic heterocycles. The first-order valence-electron chi connectivity index (χ1n) is 8.40. The van der Waals surface area contributed by atoms with Gasteiger partial charge in [0.1, 0.15) is 0 Å². The third-order valence-corrected chi connectivity index (χ3v) is 5.10. The fraction of sp³-hybridized carbons (Fsp3) is 0.250. The van der Waals surface area contributed by atoms with E-state index in [0.29, 0.717) is 5.13 Å². The molecule has 0 aliphatic carbocycles. The van der Waals surface area contributed by atoms with Crippen LogP contribution in [0.3, 0.4) is 0 Å². The lowest BCUT2D eigenvalue weighted by Crippen LogP contribution is -2.26. The van der Waals surface area contributed by atoms with Crippen molar-refractivity contribution in [3.8, 4) is 11.3 Å². The van der Waals surface area contributed by atoms with Gasteiger partial charge in [-0.3, -0.25) is 9.78 Å². The van der Waals surface area contributed by atoms with Crippen LogP contribution >= 0.6 is 11.3 Å². The van der Waals surface area contributed by atoms with E-state index in [-0.39, 0.29) is 17.7 Å². The van der Waals surface area contributed by atoms with Crippen molar-refractivity contribution in [1.29, 1.82) is 0 Å². The Morgan fingerprint density at radius 2 is 2.00 bits per heavy atom. The second-order valence-electron chi connectivity index (χ2n) is 6.04. The Kier molecular flexibility index (Phi) is 5.56. The molecule has 3 aromatic rings. The van der Waals surface area contributed by atoms with Gasteiger partial charge in [0.25, 0.3) is 0 Å². The molecule has 0 aliphatic rings. The van der Waals surface area contributed by atoms with Crippen LogP contribution in [0.1, 0.15) is 31.7 Å². The minimum Gasteiger partial charge on any atom is -0.301 e. The maximum Gasteiger partial charge on any atom is 0.233 e. The van der Waals surface area contributed by atoms with E-state index in [1.54, 1.807) is 12.4 Å². The third-order valence-electron chi connectivity index (χ3n) is 4.35. The molecule has 4 nitrogen and oxygen atoms in total. The lowest BCUT2D eigenvalue weighted by molar-refractivity contribution is -0.118. The quantitative estimate of drug-likeness (QED) is 0.682. The van der Waals surface area contributed by atoms with E-state index in [9.17, 15) is 4.79 Å². The highest BCUT2D eigenvalue weighted by Gasteiger charge is 2.26. The predicted octanol–water partition coefficient (Wildman–Crippen LogP) is 4.97. The van der Waals surface area contributed by atoms with E-state index in [1.807, 2.05) is 47.8 Å². The van der Waals surface area contributed by atoms with Gasteiger partial charge in [0.05, 0.1) is 11.6 Å². The molecule has 1 N–H and O–H groups in total. The molecule has 0 fully saturated rings. The molecule has 0 aliphatic heterocycles. The molecule has 128 valence electrons. The highest BCUT2D eigenvalue weighted by molar-refractivity contribution is 7.14. The first-order valence-corrected chi connectivity index (χ1v) is 9.28. The highest BCUT2D eigenvalue weighted by atomic mass is 32.1. The summed E-state index contributed by atoms with van der Waals surface area (Å²) in [7, 11) is 0. The standard InChI is InChI=1S/C20H21N3OS/c1-3-14(2)18(15-8-5-4-6-9-15)19(24)23-20-22-17(13-25-20)16-10-7-11-21-12-16/h4-14,18H,3H2,1-2H3,(H,22,23,24)/t14-,18+/m0/s1. The zero-order valence-electron chi connectivity index (χ0n) is 14.3. The maximum atomic E-state index is 12.9. The van der Waals surface area contributed by atoms with Gasteiger partial charge in [-0.2, -0.15) is 0 Å². The van der Waals surface area contributed by atoms with Crippen molar-refractivity contribution in [2.45, 2.75) is 26.2 Å². The molecule has 0 radical (unpaired) electrons. The van der Waals surface area contributed by atoms with Crippen molar-refractivity contribution < 1.29 is 4.79 Å². The summed E-state index contributed by atoms with van der Waals surface area (Å²) in [5.74, 6) is 0.0599. The van der Waals surface area contributed by atoms with Crippen molar-refractivity contribution in [3.05, 3.63) is 65.8 Å². The van der Waals surface area contributed by atoms with Crippen molar-refractivity contribution in [1.82, 2.24) is 9.97 Å². The number of pyridine rings is 1. The maximum absolute atomic E-state index is 12.9. The van der Waals surface area contributed by atoms with Gasteiger partial charge in [-0.15, -0.1) is 11.3 Å². The van der Waals surface area contributed by atoms with Crippen LogP contribution in [0.5, 0.6) is 0 Å². The molecule has 0 unspecified atom stereocenters. The van der Waals surface area contributed by atoms with Gasteiger partial charge >= 0.3 is 0 Å². The van der Waals surface area contributed by atoms with Crippen LogP contribution in [0, 0.1) is 5.92 Å². The van der Waals surface area contributed by atoms with Gasteiger partial charge in [-0.1, -0.05) is 50.6 Å². The third kappa shape index (κ3) is 4.12. The van der Waals surface area contributed by atoms with E-state index in [1.165, 1.54) is 11.3 Å². The summed E-state index contributed by atoms with van der Waals surface area (Å²) in [5.41, 5.74) is 2.81. The molecule has 0 spiro atoms. The van der Waals surface area contributed by atoms with Gasteiger partial charge in [0.15, 0.2) is 5.13 Å². The number of hydrogen-bond donors (Lipinski definition) is 1. The highest BCUT2D eigenvalue weighted by Crippen LogP contribution is 2.30. The Bertz CT molecular complexity index is 817. The first-order chi connectivity index (χ1) is 12.2. The number of rotatable bonds is 6. The normalized spacial score (nSPS) is 13.2. The fourth-order valence-corrected chi connectivity index (χ4v) is 3.52. The summed E-state index contributed by atoms with van der Waals surface area (Å²) >= 11 is 1.43. The number of hydrogen-bond acceptors (Lipinski definition) is 4. The number of thiazole rings is 1. The summed E-state index contributed by atoms with van der Waals surface area (Å²) in [4.78, 5) is 21.5. The topological polar surface area (TPSA) is 54.9 Å². The molecule has 0 bridgehead atoms. The van der Waals surface area contributed by atoms with Crippen molar-refractivity contribution in [3.63, 3.8) is 0 Å². The summed E-state index contributed by atoms with van der Waals surface area (Å²) < 4.78 is 0. The van der Waals surface area contributed by atoms with Crippen LogP contribution in [0.4, 0.5) is 5.13 Å². The average molecular weight is 351 g/mol. The number of aromatic nitrogens is 2. The second-order valence-corrected chi connectivity index (χ2v) is 6.90. The van der Waals surface area contributed by atoms with Gasteiger partial charge in [-0.05, 0) is 23.6 Å². The number of carbonyl (C=O) groups excluding carboxylic acids is 1. The Balaban J connectivity index is 1.79. The summed E-state index contributed by atoms with van der Waals surface area (Å²) in [6, 6.07) is 13.8. The molecule has 2 heterocycles. The molecule has 1 amide bonds. The Hall–Kier alpha value is -2.53. The summed E-state index contributed by atoms with van der Waals surface area (Å²) in [6.45, 7) is 4.22. The zero-order chi connectivity index (χ0) is 17.6. The Morgan fingerprint density at radius 1 is 1.20 bits per heavy atom. The largest absolute Gasteiger partial charge is 0.301 e. The smallest absolute Gasteiger partial charge is 0.233 e. The van der Waals surface area contributed by atoms with Crippen LogP contribution in [0.15, 0.2) is 60.2 Å². The number of nitrogens with one attached hydrogen (secondary N) is 1. The molecule has 3 rings (SSSR count). The van der Waals surface area contributed by atoms with Gasteiger partial charge in [-0.25, -0.2) is 4.98 Å². The molecule has 5 heteroatoms. The van der Waals surface area contributed by atoms with E-state index in [4.69, 9.17) is 0 Å². The molecule has 2 atom stereocenters. The number of anilines is 1. The minimum atomic E-state index is -0.183. The summed E-state index contributed by atoms with van der Waals surface area (Å²) in [6.07, 6.45) is 4.44. The van der Waals surface area contributed by atoms with Crippen molar-refractivity contribution >= 4 is 22.4 Å². The van der Waals surface area contributed by atoms with E-state index < -0.39 is 0 Å². The molecule has 0 saturated carbocycles. The second kappa shape index (κ2) is 8.03. The van der Waals surface area contributed by atoms with Crippen molar-refractivity contribution in [2.75, 3.05) is 5.32 Å². The average Bonchev–Trinajstić information content (AvgIpc) is 3.12. The Morgan fingerprint density at radius 3 is 2.68 bits per heavy atom. The molecular formula is C20H21N3OS. The summed E-state index contributed by atoms with van der Waals surface area (Å²) in [5, 5.41) is 5.55. The van der Waals surface area contributed by atoms with Crippen LogP contribution in [-0.2, 0) is 4.79 Å².